The van der Waals surface area contributed by atoms with Crippen LogP contribution in [0.5, 0.6) is 5.75 Å². The van der Waals surface area contributed by atoms with E-state index in [1.54, 1.807) is 13.2 Å². The first-order valence-corrected chi connectivity index (χ1v) is 5.27. The van der Waals surface area contributed by atoms with Gasteiger partial charge in [-0.15, -0.1) is 0 Å². The summed E-state index contributed by atoms with van der Waals surface area (Å²) in [5, 5.41) is 1.92. The van der Waals surface area contributed by atoms with Crippen LogP contribution in [-0.2, 0) is 0 Å². The van der Waals surface area contributed by atoms with Gasteiger partial charge in [0.15, 0.2) is 6.29 Å². The Morgan fingerprint density at radius 2 is 2.00 bits per heavy atom. The van der Waals surface area contributed by atoms with Gasteiger partial charge in [-0.1, -0.05) is 18.2 Å². The van der Waals surface area contributed by atoms with Crippen molar-refractivity contribution in [1.29, 1.82) is 0 Å². The maximum atomic E-state index is 10.8. The molecule has 0 radical (unpaired) electrons. The van der Waals surface area contributed by atoms with E-state index in [1.807, 2.05) is 24.3 Å². The third-order valence-electron chi connectivity index (χ3n) is 2.34. The number of methoxy groups -OCH3 is 1. The Morgan fingerprint density at radius 1 is 1.20 bits per heavy atom. The van der Waals surface area contributed by atoms with Crippen LogP contribution < -0.4 is 4.74 Å². The van der Waals surface area contributed by atoms with Crippen LogP contribution in [0.4, 0.5) is 0 Å². The summed E-state index contributed by atoms with van der Waals surface area (Å²) in [6.45, 7) is 0. The number of benzene rings is 2. The molecule has 76 valence electrons. The zero-order valence-corrected chi connectivity index (χ0v) is 9.74. The Balaban J connectivity index is 2.84. The summed E-state index contributed by atoms with van der Waals surface area (Å²) in [5.41, 5.74) is 0.691. The number of hydrogen-bond donors (Lipinski definition) is 0. The number of hydrogen-bond acceptors (Lipinski definition) is 2. The van der Waals surface area contributed by atoms with Crippen LogP contribution in [0.15, 0.2) is 34.8 Å². The molecule has 0 spiro atoms. The van der Waals surface area contributed by atoms with Crippen molar-refractivity contribution in [3.8, 4) is 5.75 Å². The van der Waals surface area contributed by atoms with Crippen LogP contribution in [0.1, 0.15) is 10.4 Å². The average molecular weight is 265 g/mol. The highest BCUT2D eigenvalue weighted by Crippen LogP contribution is 2.33. The van der Waals surface area contributed by atoms with Gasteiger partial charge in [0, 0.05) is 10.9 Å². The van der Waals surface area contributed by atoms with E-state index in [-0.39, 0.29) is 0 Å². The average Bonchev–Trinajstić information content (AvgIpc) is 2.29. The molecule has 0 N–H and O–H groups in total. The third kappa shape index (κ3) is 1.63. The second-order valence-corrected chi connectivity index (χ2v) is 3.94. The number of carbonyl (C=O) groups is 1. The van der Waals surface area contributed by atoms with E-state index in [0.717, 1.165) is 27.3 Å². The molecule has 2 nitrogen and oxygen atoms in total. The summed E-state index contributed by atoms with van der Waals surface area (Å²) in [5.74, 6) is 0.769. The van der Waals surface area contributed by atoms with Gasteiger partial charge in [-0.25, -0.2) is 0 Å². The maximum Gasteiger partial charge on any atom is 0.150 e. The number of ether oxygens (including phenoxy) is 1. The normalized spacial score (nSPS) is 10.3. The second-order valence-electron chi connectivity index (χ2n) is 3.14. The van der Waals surface area contributed by atoms with Gasteiger partial charge in [-0.3, -0.25) is 4.79 Å². The number of aldehydes is 1. The highest BCUT2D eigenvalue weighted by atomic mass is 79.9. The standard InChI is InChI=1S/C12H9BrO2/c1-15-11-6-5-9-8(7-14)3-2-4-10(9)12(11)13/h2-7H,1H3. The molecule has 0 aliphatic heterocycles. The van der Waals surface area contributed by atoms with E-state index >= 15 is 0 Å². The molecule has 0 fully saturated rings. The van der Waals surface area contributed by atoms with Gasteiger partial charge in [-0.2, -0.15) is 0 Å². The fourth-order valence-corrected chi connectivity index (χ4v) is 2.23. The summed E-state index contributed by atoms with van der Waals surface area (Å²) in [4.78, 5) is 10.8. The Hall–Kier alpha value is -1.35. The minimum Gasteiger partial charge on any atom is -0.496 e. The number of rotatable bonds is 2. The molecule has 0 aliphatic rings. The maximum absolute atomic E-state index is 10.8. The van der Waals surface area contributed by atoms with Crippen molar-refractivity contribution in [3.63, 3.8) is 0 Å². The van der Waals surface area contributed by atoms with Crippen molar-refractivity contribution < 1.29 is 9.53 Å². The van der Waals surface area contributed by atoms with Gasteiger partial charge in [-0.05, 0) is 33.4 Å². The van der Waals surface area contributed by atoms with Crippen LogP contribution in [0.25, 0.3) is 10.8 Å². The van der Waals surface area contributed by atoms with Crippen LogP contribution in [0, 0.1) is 0 Å². The lowest BCUT2D eigenvalue weighted by Crippen LogP contribution is -1.88. The van der Waals surface area contributed by atoms with E-state index in [2.05, 4.69) is 15.9 Å². The van der Waals surface area contributed by atoms with E-state index in [1.165, 1.54) is 0 Å². The molecular formula is C12H9BrO2. The number of fused-ring (bicyclic) bond motifs is 1. The van der Waals surface area contributed by atoms with Crippen molar-refractivity contribution >= 4 is 33.0 Å². The zero-order valence-electron chi connectivity index (χ0n) is 8.16. The number of halogens is 1. The first kappa shape index (κ1) is 10.2. The molecule has 3 heteroatoms. The summed E-state index contributed by atoms with van der Waals surface area (Å²) in [6.07, 6.45) is 0.862. The Bertz CT molecular complexity index is 520. The van der Waals surface area contributed by atoms with Crippen LogP contribution >= 0.6 is 15.9 Å². The minimum absolute atomic E-state index is 0.691. The quantitative estimate of drug-likeness (QED) is 0.777. The highest BCUT2D eigenvalue weighted by molar-refractivity contribution is 9.10. The van der Waals surface area contributed by atoms with Crippen LogP contribution in [0.3, 0.4) is 0 Å². The SMILES string of the molecule is COc1ccc2c(C=O)cccc2c1Br. The highest BCUT2D eigenvalue weighted by Gasteiger charge is 2.07. The second kappa shape index (κ2) is 4.03. The van der Waals surface area contributed by atoms with Gasteiger partial charge in [0.25, 0.3) is 0 Å². The fraction of sp³-hybridized carbons (Fsp3) is 0.0833. The Morgan fingerprint density at radius 3 is 2.67 bits per heavy atom. The molecule has 0 saturated heterocycles. The van der Waals surface area contributed by atoms with Gasteiger partial charge < -0.3 is 4.74 Å². The lowest BCUT2D eigenvalue weighted by molar-refractivity contribution is 0.112. The van der Waals surface area contributed by atoms with Crippen molar-refractivity contribution in [2.24, 2.45) is 0 Å². The van der Waals surface area contributed by atoms with Crippen molar-refractivity contribution in [2.75, 3.05) is 7.11 Å². The smallest absolute Gasteiger partial charge is 0.150 e. The van der Waals surface area contributed by atoms with E-state index in [4.69, 9.17) is 4.74 Å². The van der Waals surface area contributed by atoms with Crippen LogP contribution in [-0.4, -0.2) is 13.4 Å². The molecule has 0 bridgehead atoms. The van der Waals surface area contributed by atoms with Gasteiger partial charge in [0.05, 0.1) is 11.6 Å². The molecule has 0 aliphatic carbocycles. The first-order valence-electron chi connectivity index (χ1n) is 4.48. The molecule has 0 aromatic heterocycles. The lowest BCUT2D eigenvalue weighted by atomic mass is 10.1. The van der Waals surface area contributed by atoms with Crippen LogP contribution in [0.2, 0.25) is 0 Å². The van der Waals surface area contributed by atoms with Crippen molar-refractivity contribution in [2.45, 2.75) is 0 Å². The molecule has 2 aromatic rings. The van der Waals surface area contributed by atoms with Gasteiger partial charge in [0.1, 0.15) is 5.75 Å². The molecule has 2 rings (SSSR count). The molecule has 0 unspecified atom stereocenters. The first-order chi connectivity index (χ1) is 7.27. The summed E-state index contributed by atoms with van der Waals surface area (Å²) in [7, 11) is 1.62. The molecule has 0 amide bonds. The predicted molar refractivity (Wildman–Crippen MR) is 63.6 cm³/mol. The van der Waals surface area contributed by atoms with E-state index in [0.29, 0.717) is 5.56 Å². The summed E-state index contributed by atoms with van der Waals surface area (Å²) in [6, 6.07) is 9.35. The Labute approximate surface area is 96.0 Å². The largest absolute Gasteiger partial charge is 0.496 e. The molecule has 2 aromatic carbocycles. The summed E-state index contributed by atoms with van der Waals surface area (Å²) >= 11 is 3.46. The van der Waals surface area contributed by atoms with Gasteiger partial charge in [0.2, 0.25) is 0 Å². The summed E-state index contributed by atoms with van der Waals surface area (Å²) < 4.78 is 6.07. The molecule has 0 heterocycles. The molecular weight excluding hydrogens is 256 g/mol. The molecule has 15 heavy (non-hydrogen) atoms. The zero-order chi connectivity index (χ0) is 10.8. The molecule has 0 atom stereocenters. The monoisotopic (exact) mass is 264 g/mol. The van der Waals surface area contributed by atoms with Crippen molar-refractivity contribution in [1.82, 2.24) is 0 Å². The fourth-order valence-electron chi connectivity index (χ4n) is 1.59. The predicted octanol–water partition coefficient (Wildman–Crippen LogP) is 3.42. The van der Waals surface area contributed by atoms with E-state index < -0.39 is 0 Å². The van der Waals surface area contributed by atoms with Gasteiger partial charge >= 0.3 is 0 Å². The lowest BCUT2D eigenvalue weighted by Gasteiger charge is -2.07. The van der Waals surface area contributed by atoms with E-state index in [9.17, 15) is 4.79 Å². The Kier molecular flexibility index (Phi) is 2.73. The topological polar surface area (TPSA) is 26.3 Å². The minimum atomic E-state index is 0.691. The molecule has 0 saturated carbocycles. The number of carbonyl (C=O) groups excluding carboxylic acids is 1. The van der Waals surface area contributed by atoms with Crippen molar-refractivity contribution in [3.05, 3.63) is 40.4 Å². The third-order valence-corrected chi connectivity index (χ3v) is 3.16.